The second-order valence-electron chi connectivity index (χ2n) is 10.3. The molecule has 3 aromatic carbocycles. The zero-order valence-corrected chi connectivity index (χ0v) is 22.7. The van der Waals surface area contributed by atoms with Gasteiger partial charge in [0, 0.05) is 37.3 Å². The van der Waals surface area contributed by atoms with Gasteiger partial charge in [0.2, 0.25) is 0 Å². The van der Waals surface area contributed by atoms with E-state index >= 15 is 0 Å². The first-order valence-corrected chi connectivity index (χ1v) is 13.6. The second kappa shape index (κ2) is 12.7. The number of anilines is 1. The zero-order valence-electron chi connectivity index (χ0n) is 22.7. The Morgan fingerprint density at radius 2 is 1.49 bits per heavy atom. The van der Waals surface area contributed by atoms with Gasteiger partial charge >= 0.3 is 12.1 Å². The number of ether oxygens (including phenoxy) is 1. The first kappa shape index (κ1) is 28.7. The Kier molecular flexibility index (Phi) is 9.33. The topological polar surface area (TPSA) is 32.8 Å². The predicted octanol–water partition coefficient (Wildman–Crippen LogP) is 7.19. The summed E-state index contributed by atoms with van der Waals surface area (Å²) in [4.78, 5) is 17.0. The summed E-state index contributed by atoms with van der Waals surface area (Å²) < 4.78 is 44.6. The summed E-state index contributed by atoms with van der Waals surface area (Å²) in [5, 5.41) is 0. The Morgan fingerprint density at radius 3 is 2.13 bits per heavy atom. The molecule has 1 atom stereocenters. The SMILES string of the molecule is CCC(CCCN1CCN(c2cccc(-c3cccc(C(F)(F)F)c3)c2)CC1)(CC(=O)OC)c1ccccc1. The molecule has 0 radical (unpaired) electrons. The summed E-state index contributed by atoms with van der Waals surface area (Å²) in [6.45, 7) is 6.62. The van der Waals surface area contributed by atoms with E-state index in [1.54, 1.807) is 6.07 Å². The summed E-state index contributed by atoms with van der Waals surface area (Å²) >= 11 is 0. The predicted molar refractivity (Wildman–Crippen MR) is 150 cm³/mol. The molecule has 0 aliphatic carbocycles. The van der Waals surface area contributed by atoms with Gasteiger partial charge in [-0.05, 0) is 66.8 Å². The van der Waals surface area contributed by atoms with Crippen LogP contribution >= 0.6 is 0 Å². The maximum absolute atomic E-state index is 13.2. The van der Waals surface area contributed by atoms with Crippen molar-refractivity contribution in [1.29, 1.82) is 0 Å². The van der Waals surface area contributed by atoms with Crippen LogP contribution in [0, 0.1) is 0 Å². The lowest BCUT2D eigenvalue weighted by molar-refractivity contribution is -0.142. The molecule has 1 aliphatic heterocycles. The highest BCUT2D eigenvalue weighted by atomic mass is 19.4. The van der Waals surface area contributed by atoms with Crippen LogP contribution in [-0.2, 0) is 21.1 Å². The van der Waals surface area contributed by atoms with E-state index in [4.69, 9.17) is 4.74 Å². The summed E-state index contributed by atoms with van der Waals surface area (Å²) in [6, 6.07) is 23.5. The van der Waals surface area contributed by atoms with Gasteiger partial charge < -0.3 is 9.64 Å². The van der Waals surface area contributed by atoms with Crippen molar-refractivity contribution in [1.82, 2.24) is 4.90 Å². The van der Waals surface area contributed by atoms with E-state index in [1.807, 2.05) is 42.5 Å². The third-order valence-electron chi connectivity index (χ3n) is 8.01. The van der Waals surface area contributed by atoms with Gasteiger partial charge in [-0.2, -0.15) is 13.2 Å². The molecule has 4 nitrogen and oxygen atoms in total. The highest BCUT2D eigenvalue weighted by Crippen LogP contribution is 2.37. The minimum atomic E-state index is -4.36. The van der Waals surface area contributed by atoms with Crippen molar-refractivity contribution >= 4 is 11.7 Å². The van der Waals surface area contributed by atoms with Crippen LogP contribution < -0.4 is 4.90 Å². The van der Waals surface area contributed by atoms with Crippen LogP contribution in [0.25, 0.3) is 11.1 Å². The van der Waals surface area contributed by atoms with Crippen LogP contribution in [0.15, 0.2) is 78.9 Å². The third-order valence-corrected chi connectivity index (χ3v) is 8.01. The number of benzene rings is 3. The molecule has 7 heteroatoms. The lowest BCUT2D eigenvalue weighted by Crippen LogP contribution is -2.46. The molecule has 0 saturated carbocycles. The largest absolute Gasteiger partial charge is 0.469 e. The Bertz CT molecular complexity index is 1220. The number of halogens is 3. The van der Waals surface area contributed by atoms with Gasteiger partial charge in [0.05, 0.1) is 19.1 Å². The molecule has 39 heavy (non-hydrogen) atoms. The van der Waals surface area contributed by atoms with E-state index in [0.29, 0.717) is 12.0 Å². The van der Waals surface area contributed by atoms with E-state index in [0.717, 1.165) is 69.3 Å². The van der Waals surface area contributed by atoms with Gasteiger partial charge in [-0.15, -0.1) is 0 Å². The molecule has 0 spiro atoms. The Balaban J connectivity index is 1.35. The highest BCUT2D eigenvalue weighted by molar-refractivity contribution is 5.71. The van der Waals surface area contributed by atoms with E-state index in [1.165, 1.54) is 24.8 Å². The molecule has 4 rings (SSSR count). The molecule has 1 heterocycles. The van der Waals surface area contributed by atoms with Crippen LogP contribution in [0.4, 0.5) is 18.9 Å². The van der Waals surface area contributed by atoms with Gasteiger partial charge in [-0.25, -0.2) is 0 Å². The standard InChI is InChI=1S/C32H37F3N2O2/c1-3-31(24-30(38)39-2,27-12-5-4-6-13-27)16-9-17-36-18-20-37(21-19-36)29-15-8-11-26(23-29)25-10-7-14-28(22-25)32(33,34)35/h4-8,10-15,22-23H,3,9,16-21,24H2,1-2H3. The monoisotopic (exact) mass is 538 g/mol. The lowest BCUT2D eigenvalue weighted by Gasteiger charge is -2.37. The number of hydrogen-bond acceptors (Lipinski definition) is 4. The van der Waals surface area contributed by atoms with Gasteiger partial charge in [0.15, 0.2) is 0 Å². The normalized spacial score (nSPS) is 16.1. The van der Waals surface area contributed by atoms with Gasteiger partial charge in [-0.3, -0.25) is 9.69 Å². The maximum Gasteiger partial charge on any atom is 0.416 e. The van der Waals surface area contributed by atoms with Crippen molar-refractivity contribution < 1.29 is 22.7 Å². The summed E-state index contributed by atoms with van der Waals surface area (Å²) in [7, 11) is 1.45. The van der Waals surface area contributed by atoms with Crippen molar-refractivity contribution in [2.75, 3.05) is 44.7 Å². The van der Waals surface area contributed by atoms with Crippen molar-refractivity contribution in [3.05, 3.63) is 90.0 Å². The molecular formula is C32H37F3N2O2. The van der Waals surface area contributed by atoms with Gasteiger partial charge in [0.1, 0.15) is 0 Å². The molecule has 1 unspecified atom stereocenters. The molecule has 3 aromatic rings. The maximum atomic E-state index is 13.2. The summed E-state index contributed by atoms with van der Waals surface area (Å²) in [5.74, 6) is -0.179. The van der Waals surface area contributed by atoms with Gasteiger partial charge in [0.25, 0.3) is 0 Å². The van der Waals surface area contributed by atoms with Crippen LogP contribution in [0.2, 0.25) is 0 Å². The van der Waals surface area contributed by atoms with Crippen molar-refractivity contribution in [2.24, 2.45) is 0 Å². The lowest BCUT2D eigenvalue weighted by atomic mass is 9.72. The second-order valence-corrected chi connectivity index (χ2v) is 10.3. The Labute approximate surface area is 229 Å². The minimum absolute atomic E-state index is 0.179. The van der Waals surface area contributed by atoms with E-state index < -0.39 is 11.7 Å². The molecule has 0 bridgehead atoms. The van der Waals surface area contributed by atoms with Gasteiger partial charge in [-0.1, -0.05) is 61.5 Å². The fourth-order valence-electron chi connectivity index (χ4n) is 5.61. The fourth-order valence-corrected chi connectivity index (χ4v) is 5.61. The Hall–Kier alpha value is -3.32. The highest BCUT2D eigenvalue weighted by Gasteiger charge is 2.33. The first-order chi connectivity index (χ1) is 18.7. The molecule has 208 valence electrons. The summed E-state index contributed by atoms with van der Waals surface area (Å²) in [6.07, 6.45) is -1.24. The minimum Gasteiger partial charge on any atom is -0.469 e. The van der Waals surface area contributed by atoms with Crippen molar-refractivity contribution in [2.45, 2.75) is 44.2 Å². The number of rotatable bonds is 10. The molecule has 1 aliphatic rings. The third kappa shape index (κ3) is 7.21. The molecule has 1 saturated heterocycles. The van der Waals surface area contributed by atoms with Crippen LogP contribution in [0.3, 0.4) is 0 Å². The summed E-state index contributed by atoms with van der Waals surface area (Å²) in [5.41, 5.74) is 2.68. The number of carbonyl (C=O) groups is 1. The number of alkyl halides is 3. The van der Waals surface area contributed by atoms with Crippen molar-refractivity contribution in [3.63, 3.8) is 0 Å². The average molecular weight is 539 g/mol. The zero-order chi connectivity index (χ0) is 27.9. The molecule has 1 fully saturated rings. The first-order valence-electron chi connectivity index (χ1n) is 13.6. The van der Waals surface area contributed by atoms with Crippen molar-refractivity contribution in [3.8, 4) is 11.1 Å². The fraction of sp³-hybridized carbons (Fsp3) is 0.406. The quantitative estimate of drug-likeness (QED) is 0.256. The van der Waals surface area contributed by atoms with E-state index in [9.17, 15) is 18.0 Å². The number of methoxy groups -OCH3 is 1. The molecular weight excluding hydrogens is 501 g/mol. The number of esters is 1. The molecule has 0 aromatic heterocycles. The number of carbonyl (C=O) groups excluding carboxylic acids is 1. The molecule has 0 N–H and O–H groups in total. The van der Waals surface area contributed by atoms with Crippen LogP contribution in [0.5, 0.6) is 0 Å². The van der Waals surface area contributed by atoms with Crippen LogP contribution in [-0.4, -0.2) is 50.7 Å². The smallest absolute Gasteiger partial charge is 0.416 e. The number of nitrogens with zero attached hydrogens (tertiary/aromatic N) is 2. The molecule has 0 amide bonds. The number of hydrogen-bond donors (Lipinski definition) is 0. The average Bonchev–Trinajstić information content (AvgIpc) is 2.97. The van der Waals surface area contributed by atoms with Crippen LogP contribution in [0.1, 0.15) is 43.7 Å². The van der Waals surface area contributed by atoms with E-state index in [-0.39, 0.29) is 11.4 Å². The Morgan fingerprint density at radius 1 is 0.846 bits per heavy atom. The van der Waals surface area contributed by atoms with E-state index in [2.05, 4.69) is 28.9 Å². The number of piperazine rings is 1.